The first-order valence-electron chi connectivity index (χ1n) is 6.07. The third-order valence-corrected chi connectivity index (χ3v) is 3.49. The van der Waals surface area contributed by atoms with Crippen LogP contribution in [0, 0.1) is 12.8 Å². The zero-order chi connectivity index (χ0) is 12.3. The zero-order valence-electron chi connectivity index (χ0n) is 9.99. The monoisotopic (exact) mass is 255 g/mol. The Kier molecular flexibility index (Phi) is 4.18. The van der Waals surface area contributed by atoms with Crippen LogP contribution in [0.4, 0.5) is 5.82 Å². The lowest BCUT2D eigenvalue weighted by Gasteiger charge is -2.20. The van der Waals surface area contributed by atoms with Gasteiger partial charge < -0.3 is 10.4 Å². The van der Waals surface area contributed by atoms with Crippen molar-refractivity contribution in [1.82, 2.24) is 9.97 Å². The van der Waals surface area contributed by atoms with E-state index >= 15 is 0 Å². The van der Waals surface area contributed by atoms with Crippen LogP contribution in [0.15, 0.2) is 6.07 Å². The molecular weight excluding hydrogens is 238 g/mol. The smallest absolute Gasteiger partial charge is 0.134 e. The first-order valence-corrected chi connectivity index (χ1v) is 6.45. The lowest BCUT2D eigenvalue weighted by atomic mass is 10.0. The second-order valence-corrected chi connectivity index (χ2v) is 4.96. The van der Waals surface area contributed by atoms with Crippen molar-refractivity contribution in [3.63, 3.8) is 0 Å². The molecule has 1 heterocycles. The molecule has 1 aliphatic carbocycles. The fourth-order valence-corrected chi connectivity index (χ4v) is 2.76. The van der Waals surface area contributed by atoms with Crippen LogP contribution >= 0.6 is 11.6 Å². The minimum Gasteiger partial charge on any atom is -0.396 e. The number of aliphatic hydroxyl groups is 1. The second kappa shape index (κ2) is 5.65. The first-order chi connectivity index (χ1) is 8.19. The van der Waals surface area contributed by atoms with Crippen LogP contribution in [0.5, 0.6) is 0 Å². The molecule has 2 rings (SSSR count). The highest BCUT2D eigenvalue weighted by Crippen LogP contribution is 2.30. The van der Waals surface area contributed by atoms with Crippen LogP contribution in [0.1, 0.15) is 31.5 Å². The molecular formula is C12H18ClN3O. The predicted molar refractivity (Wildman–Crippen MR) is 68.2 cm³/mol. The van der Waals surface area contributed by atoms with Crippen molar-refractivity contribution in [1.29, 1.82) is 0 Å². The summed E-state index contributed by atoms with van der Waals surface area (Å²) in [5.41, 5.74) is 0. The van der Waals surface area contributed by atoms with Gasteiger partial charge in [0.25, 0.3) is 0 Å². The molecule has 0 spiro atoms. The van der Waals surface area contributed by atoms with Crippen molar-refractivity contribution < 1.29 is 5.11 Å². The van der Waals surface area contributed by atoms with Gasteiger partial charge in [0.2, 0.25) is 0 Å². The normalized spacial score (nSPS) is 23.9. The minimum absolute atomic E-state index is 0.256. The van der Waals surface area contributed by atoms with E-state index < -0.39 is 0 Å². The second-order valence-electron chi connectivity index (χ2n) is 4.58. The summed E-state index contributed by atoms with van der Waals surface area (Å²) in [7, 11) is 0. The number of rotatable bonds is 4. The van der Waals surface area contributed by atoms with E-state index in [4.69, 9.17) is 16.7 Å². The number of hydrogen-bond acceptors (Lipinski definition) is 4. The lowest BCUT2D eigenvalue weighted by molar-refractivity contribution is 0.254. The minimum atomic E-state index is 0.256. The molecule has 1 aromatic heterocycles. The summed E-state index contributed by atoms with van der Waals surface area (Å²) in [5, 5.41) is 12.9. The average Bonchev–Trinajstić information content (AvgIpc) is 2.65. The standard InChI is InChI=1S/C12H18ClN3O/c1-8-14-11(13)7-12(15-8)16-10-4-2-3-9(10)5-6-17/h7,9-10,17H,2-6H2,1H3,(H,14,15,16). The van der Waals surface area contributed by atoms with Gasteiger partial charge in [-0.15, -0.1) is 0 Å². The Morgan fingerprint density at radius 3 is 3.00 bits per heavy atom. The van der Waals surface area contributed by atoms with E-state index in [0.717, 1.165) is 18.7 Å². The summed E-state index contributed by atoms with van der Waals surface area (Å²) in [6.45, 7) is 2.09. The quantitative estimate of drug-likeness (QED) is 0.812. The Bertz CT molecular complexity index is 366. The number of aryl methyl sites for hydroxylation is 1. The van der Waals surface area contributed by atoms with E-state index in [2.05, 4.69) is 15.3 Å². The molecule has 2 unspecified atom stereocenters. The summed E-state index contributed by atoms with van der Waals surface area (Å²) in [6, 6.07) is 2.15. The van der Waals surface area contributed by atoms with Gasteiger partial charge in [0.1, 0.15) is 16.8 Å². The van der Waals surface area contributed by atoms with E-state index in [1.54, 1.807) is 6.07 Å². The Hall–Kier alpha value is -0.870. The molecule has 5 heteroatoms. The van der Waals surface area contributed by atoms with Crippen LogP contribution in [-0.2, 0) is 0 Å². The molecule has 0 bridgehead atoms. The van der Waals surface area contributed by atoms with E-state index in [1.807, 2.05) is 6.92 Å². The van der Waals surface area contributed by atoms with Gasteiger partial charge in [-0.2, -0.15) is 0 Å². The van der Waals surface area contributed by atoms with E-state index in [-0.39, 0.29) is 6.61 Å². The van der Waals surface area contributed by atoms with Gasteiger partial charge in [0.05, 0.1) is 0 Å². The maximum Gasteiger partial charge on any atom is 0.134 e. The van der Waals surface area contributed by atoms with Crippen molar-refractivity contribution in [3.8, 4) is 0 Å². The van der Waals surface area contributed by atoms with Crippen LogP contribution in [0.3, 0.4) is 0 Å². The Morgan fingerprint density at radius 2 is 2.29 bits per heavy atom. The number of anilines is 1. The fourth-order valence-electron chi connectivity index (χ4n) is 2.53. The maximum atomic E-state index is 9.02. The molecule has 1 saturated carbocycles. The highest BCUT2D eigenvalue weighted by Gasteiger charge is 2.26. The van der Waals surface area contributed by atoms with Crippen molar-refractivity contribution in [2.24, 2.45) is 5.92 Å². The third kappa shape index (κ3) is 3.30. The van der Waals surface area contributed by atoms with Gasteiger partial charge in [-0.1, -0.05) is 18.0 Å². The number of halogens is 1. The summed E-state index contributed by atoms with van der Waals surface area (Å²) in [6.07, 6.45) is 4.37. The molecule has 2 atom stereocenters. The number of hydrogen-bond donors (Lipinski definition) is 2. The third-order valence-electron chi connectivity index (χ3n) is 3.30. The number of aliphatic hydroxyl groups excluding tert-OH is 1. The van der Waals surface area contributed by atoms with Gasteiger partial charge in [0.15, 0.2) is 0 Å². The molecule has 1 aromatic rings. The maximum absolute atomic E-state index is 9.02. The molecule has 0 saturated heterocycles. The van der Waals surface area contributed by atoms with Crippen LogP contribution in [0.2, 0.25) is 5.15 Å². The molecule has 94 valence electrons. The predicted octanol–water partition coefficient (Wildman–Crippen LogP) is 2.40. The highest BCUT2D eigenvalue weighted by atomic mass is 35.5. The van der Waals surface area contributed by atoms with E-state index in [0.29, 0.717) is 22.9 Å². The first kappa shape index (κ1) is 12.6. The highest BCUT2D eigenvalue weighted by molar-refractivity contribution is 6.29. The Morgan fingerprint density at radius 1 is 1.47 bits per heavy atom. The largest absolute Gasteiger partial charge is 0.396 e. The van der Waals surface area contributed by atoms with Gasteiger partial charge in [-0.05, 0) is 32.1 Å². The van der Waals surface area contributed by atoms with Gasteiger partial charge >= 0.3 is 0 Å². The molecule has 0 radical (unpaired) electrons. The molecule has 1 aliphatic rings. The van der Waals surface area contributed by atoms with Gasteiger partial charge in [-0.25, -0.2) is 9.97 Å². The summed E-state index contributed by atoms with van der Waals surface area (Å²) in [5.74, 6) is 2.00. The van der Waals surface area contributed by atoms with Crippen molar-refractivity contribution >= 4 is 17.4 Å². The topological polar surface area (TPSA) is 58.0 Å². The number of nitrogens with one attached hydrogen (secondary N) is 1. The molecule has 4 nitrogen and oxygen atoms in total. The fraction of sp³-hybridized carbons (Fsp3) is 0.667. The Balaban J connectivity index is 2.04. The molecule has 1 fully saturated rings. The lowest BCUT2D eigenvalue weighted by Crippen LogP contribution is -2.25. The summed E-state index contributed by atoms with van der Waals surface area (Å²) >= 11 is 5.90. The molecule has 0 aliphatic heterocycles. The number of aromatic nitrogens is 2. The van der Waals surface area contributed by atoms with Crippen molar-refractivity contribution in [3.05, 3.63) is 17.0 Å². The molecule has 2 N–H and O–H groups in total. The van der Waals surface area contributed by atoms with E-state index in [1.165, 1.54) is 12.8 Å². The van der Waals surface area contributed by atoms with Crippen molar-refractivity contribution in [2.75, 3.05) is 11.9 Å². The Labute approximate surface area is 106 Å². The average molecular weight is 256 g/mol. The zero-order valence-corrected chi connectivity index (χ0v) is 10.7. The molecule has 0 aromatic carbocycles. The summed E-state index contributed by atoms with van der Waals surface area (Å²) in [4.78, 5) is 8.36. The SMILES string of the molecule is Cc1nc(Cl)cc(NC2CCCC2CCO)n1. The van der Waals surface area contributed by atoms with Crippen LogP contribution in [0.25, 0.3) is 0 Å². The van der Waals surface area contributed by atoms with E-state index in [9.17, 15) is 0 Å². The molecule has 0 amide bonds. The molecule has 17 heavy (non-hydrogen) atoms. The van der Waals surface area contributed by atoms with Gasteiger partial charge in [-0.3, -0.25) is 0 Å². The van der Waals surface area contributed by atoms with Crippen LogP contribution < -0.4 is 5.32 Å². The summed E-state index contributed by atoms with van der Waals surface area (Å²) < 4.78 is 0. The van der Waals surface area contributed by atoms with Gasteiger partial charge in [0, 0.05) is 18.7 Å². The number of nitrogens with zero attached hydrogens (tertiary/aromatic N) is 2. The van der Waals surface area contributed by atoms with Crippen molar-refractivity contribution in [2.45, 2.75) is 38.6 Å². The van der Waals surface area contributed by atoms with Crippen LogP contribution in [-0.4, -0.2) is 27.7 Å².